The Morgan fingerprint density at radius 1 is 1.16 bits per heavy atom. The molecule has 0 aliphatic rings. The molecule has 0 bridgehead atoms. The van der Waals surface area contributed by atoms with E-state index in [-0.39, 0.29) is 22.7 Å². The van der Waals surface area contributed by atoms with Crippen molar-refractivity contribution in [3.8, 4) is 0 Å². The Bertz CT molecular complexity index is 1070. The Morgan fingerprint density at radius 3 is 2.44 bits per heavy atom. The van der Waals surface area contributed by atoms with Crippen LogP contribution in [0.5, 0.6) is 0 Å². The fraction of sp³-hybridized carbons (Fsp3) is 0.300. The summed E-state index contributed by atoms with van der Waals surface area (Å²) in [6.45, 7) is 1.09. The number of rotatable bonds is 11. The number of thioether (sulfide) groups is 1. The normalized spacial score (nSPS) is 12.1. The first-order valence-electron chi connectivity index (χ1n) is 9.42. The molecular weight excluding hydrogens is 458 g/mol. The molecule has 0 aromatic heterocycles. The van der Waals surface area contributed by atoms with Gasteiger partial charge in [-0.15, -0.1) is 0 Å². The lowest BCUT2D eigenvalue weighted by molar-refractivity contribution is -0.383. The number of para-hydroxylation sites is 2. The molecule has 1 amide bonds. The second-order valence-corrected chi connectivity index (χ2v) is 9.40. The van der Waals surface area contributed by atoms with Crippen molar-refractivity contribution in [2.45, 2.75) is 24.3 Å². The van der Waals surface area contributed by atoms with Crippen LogP contribution < -0.4 is 10.0 Å². The number of nitrogens with one attached hydrogen (secondary N) is 2. The van der Waals surface area contributed by atoms with Gasteiger partial charge in [-0.3, -0.25) is 19.7 Å². The number of sulfonamides is 1. The third-order valence-corrected chi connectivity index (χ3v) is 6.38. The van der Waals surface area contributed by atoms with E-state index in [0.717, 1.165) is 5.56 Å². The highest BCUT2D eigenvalue weighted by Crippen LogP contribution is 2.23. The van der Waals surface area contributed by atoms with Crippen LogP contribution in [0.2, 0.25) is 0 Å². The number of esters is 1. The lowest BCUT2D eigenvalue weighted by atomic mass is 10.2. The summed E-state index contributed by atoms with van der Waals surface area (Å²) >= 11 is 1.42. The molecule has 12 heteroatoms. The monoisotopic (exact) mass is 481 g/mol. The van der Waals surface area contributed by atoms with Crippen LogP contribution in [0, 0.1) is 17.0 Å². The third-order valence-electron chi connectivity index (χ3n) is 4.24. The molecule has 2 aromatic carbocycles. The molecule has 0 saturated heterocycles. The second kappa shape index (κ2) is 11.6. The van der Waals surface area contributed by atoms with Crippen molar-refractivity contribution < 1.29 is 27.7 Å². The first-order chi connectivity index (χ1) is 15.1. The molecule has 32 heavy (non-hydrogen) atoms. The number of aryl methyl sites for hydroxylation is 1. The van der Waals surface area contributed by atoms with Crippen molar-refractivity contribution in [2.75, 3.05) is 23.9 Å². The molecule has 0 heterocycles. The van der Waals surface area contributed by atoms with E-state index in [9.17, 15) is 28.1 Å². The van der Waals surface area contributed by atoms with E-state index < -0.39 is 39.5 Å². The summed E-state index contributed by atoms with van der Waals surface area (Å²) in [5, 5.41) is 13.3. The van der Waals surface area contributed by atoms with Gasteiger partial charge in [0.15, 0.2) is 6.61 Å². The van der Waals surface area contributed by atoms with Gasteiger partial charge >= 0.3 is 5.97 Å². The van der Waals surface area contributed by atoms with Gasteiger partial charge in [-0.05, 0) is 43.6 Å². The average molecular weight is 482 g/mol. The number of anilines is 1. The number of nitro groups is 1. The maximum absolute atomic E-state index is 12.6. The minimum absolute atomic E-state index is 0.000758. The number of hydrogen-bond donors (Lipinski definition) is 2. The first-order valence-corrected chi connectivity index (χ1v) is 12.3. The molecule has 0 aliphatic heterocycles. The van der Waals surface area contributed by atoms with Crippen LogP contribution in [0.15, 0.2) is 53.4 Å². The molecule has 1 atom stereocenters. The van der Waals surface area contributed by atoms with Gasteiger partial charge in [0, 0.05) is 6.07 Å². The van der Waals surface area contributed by atoms with Crippen LogP contribution in [0.4, 0.5) is 11.4 Å². The topological polar surface area (TPSA) is 145 Å². The van der Waals surface area contributed by atoms with E-state index in [2.05, 4.69) is 10.0 Å². The van der Waals surface area contributed by atoms with Crippen LogP contribution in [0.1, 0.15) is 12.0 Å². The van der Waals surface area contributed by atoms with Gasteiger partial charge in [0.05, 0.1) is 9.82 Å². The summed E-state index contributed by atoms with van der Waals surface area (Å²) in [5.41, 5.74) is 0.528. The third kappa shape index (κ3) is 7.32. The van der Waals surface area contributed by atoms with Crippen molar-refractivity contribution in [3.05, 3.63) is 64.2 Å². The first kappa shape index (κ1) is 25.3. The number of amides is 1. The van der Waals surface area contributed by atoms with Crippen LogP contribution >= 0.6 is 11.8 Å². The zero-order chi connectivity index (χ0) is 23.7. The predicted octanol–water partition coefficient (Wildman–Crippen LogP) is 2.49. The highest BCUT2D eigenvalue weighted by molar-refractivity contribution is 7.98. The van der Waals surface area contributed by atoms with Crippen molar-refractivity contribution in [1.82, 2.24) is 4.72 Å². The predicted molar refractivity (Wildman–Crippen MR) is 121 cm³/mol. The highest BCUT2D eigenvalue weighted by atomic mass is 32.2. The van der Waals surface area contributed by atoms with E-state index >= 15 is 0 Å². The molecular formula is C20H23N3O7S2. The number of benzene rings is 2. The van der Waals surface area contributed by atoms with E-state index in [4.69, 9.17) is 4.74 Å². The zero-order valence-electron chi connectivity index (χ0n) is 17.4. The molecule has 2 N–H and O–H groups in total. The van der Waals surface area contributed by atoms with Gasteiger partial charge in [0.25, 0.3) is 11.6 Å². The van der Waals surface area contributed by atoms with Crippen LogP contribution in [-0.2, 0) is 24.3 Å². The van der Waals surface area contributed by atoms with Gasteiger partial charge in [-0.1, -0.05) is 29.8 Å². The average Bonchev–Trinajstić information content (AvgIpc) is 2.75. The van der Waals surface area contributed by atoms with E-state index in [1.54, 1.807) is 18.4 Å². The Labute approximate surface area is 189 Å². The number of carbonyl (C=O) groups excluding carboxylic acids is 2. The quantitative estimate of drug-likeness (QED) is 0.283. The van der Waals surface area contributed by atoms with Gasteiger partial charge in [-0.25, -0.2) is 8.42 Å². The lowest BCUT2D eigenvalue weighted by Crippen LogP contribution is -2.43. The molecule has 0 aliphatic carbocycles. The Kier molecular flexibility index (Phi) is 9.17. The SMILES string of the molecule is CSCC[C@@H](NS(=O)(=O)c1ccc(C)cc1)C(=O)OCC(=O)Nc1ccccc1[N+](=O)[O-]. The summed E-state index contributed by atoms with van der Waals surface area (Å²) in [6.07, 6.45) is 1.95. The smallest absolute Gasteiger partial charge is 0.324 e. The number of hydrogen-bond acceptors (Lipinski definition) is 8. The van der Waals surface area contributed by atoms with Crippen molar-refractivity contribution in [3.63, 3.8) is 0 Å². The zero-order valence-corrected chi connectivity index (χ0v) is 19.1. The van der Waals surface area contributed by atoms with Gasteiger partial charge in [0.2, 0.25) is 10.0 Å². The van der Waals surface area contributed by atoms with Crippen LogP contribution in [0.3, 0.4) is 0 Å². The number of carbonyl (C=O) groups is 2. The van der Waals surface area contributed by atoms with E-state index in [1.807, 2.05) is 6.92 Å². The van der Waals surface area contributed by atoms with Crippen molar-refractivity contribution in [1.29, 1.82) is 0 Å². The standard InChI is InChI=1S/C20H23N3O7S2/c1-14-7-9-15(10-8-14)32(28,29)22-17(11-12-31-2)20(25)30-13-19(24)21-16-5-3-4-6-18(16)23(26)27/h3-10,17,22H,11-13H2,1-2H3,(H,21,24)/t17-/m1/s1. The Hall–Kier alpha value is -2.96. The molecule has 0 unspecified atom stereocenters. The molecule has 0 radical (unpaired) electrons. The summed E-state index contributed by atoms with van der Waals surface area (Å²) in [5.74, 6) is -1.25. The Balaban J connectivity index is 2.04. The summed E-state index contributed by atoms with van der Waals surface area (Å²) in [7, 11) is -3.99. The van der Waals surface area contributed by atoms with Gasteiger partial charge in [0.1, 0.15) is 11.7 Å². The molecule has 10 nitrogen and oxygen atoms in total. The number of nitro benzene ring substituents is 1. The van der Waals surface area contributed by atoms with Gasteiger partial charge in [-0.2, -0.15) is 16.5 Å². The maximum Gasteiger partial charge on any atom is 0.324 e. The van der Waals surface area contributed by atoms with Crippen molar-refractivity contribution >= 4 is 45.0 Å². The highest BCUT2D eigenvalue weighted by Gasteiger charge is 2.27. The fourth-order valence-corrected chi connectivity index (χ4v) is 4.29. The van der Waals surface area contributed by atoms with Crippen LogP contribution in [0.25, 0.3) is 0 Å². The van der Waals surface area contributed by atoms with E-state index in [0.29, 0.717) is 5.75 Å². The summed E-state index contributed by atoms with van der Waals surface area (Å²) in [6, 6.07) is 10.4. The molecule has 0 spiro atoms. The molecule has 2 aromatic rings. The van der Waals surface area contributed by atoms with Crippen molar-refractivity contribution in [2.24, 2.45) is 0 Å². The number of ether oxygens (including phenoxy) is 1. The summed E-state index contributed by atoms with van der Waals surface area (Å²) in [4.78, 5) is 35.0. The molecule has 0 saturated carbocycles. The minimum Gasteiger partial charge on any atom is -0.454 e. The summed E-state index contributed by atoms with van der Waals surface area (Å²) < 4.78 is 32.6. The largest absolute Gasteiger partial charge is 0.454 e. The molecule has 2 rings (SSSR count). The second-order valence-electron chi connectivity index (χ2n) is 6.70. The molecule has 0 fully saturated rings. The number of nitrogens with zero attached hydrogens (tertiary/aromatic N) is 1. The van der Waals surface area contributed by atoms with E-state index in [1.165, 1.54) is 48.2 Å². The van der Waals surface area contributed by atoms with Crippen LogP contribution in [-0.4, -0.2) is 49.9 Å². The Morgan fingerprint density at radius 2 is 1.81 bits per heavy atom. The maximum atomic E-state index is 12.6. The molecule has 172 valence electrons. The minimum atomic E-state index is -3.99. The fourth-order valence-electron chi connectivity index (χ4n) is 2.60. The van der Waals surface area contributed by atoms with Gasteiger partial charge < -0.3 is 10.1 Å². The lowest BCUT2D eigenvalue weighted by Gasteiger charge is -2.17.